The first-order valence-corrected chi connectivity index (χ1v) is 25.0. The molecule has 0 aliphatic carbocycles. The largest absolute Gasteiger partial charge is 0.507 e. The van der Waals surface area contributed by atoms with Crippen molar-refractivity contribution in [3.05, 3.63) is 149 Å². The first-order chi connectivity index (χ1) is 32.1. The van der Waals surface area contributed by atoms with Crippen LogP contribution in [0.4, 0.5) is 34.6 Å². The average Bonchev–Trinajstić information content (AvgIpc) is 3.30. The highest BCUT2D eigenvalue weighted by molar-refractivity contribution is 5.67. The van der Waals surface area contributed by atoms with Gasteiger partial charge in [0.15, 0.2) is 0 Å². The first kappa shape index (κ1) is 50.5. The van der Waals surface area contributed by atoms with Crippen molar-refractivity contribution in [1.82, 2.24) is 15.0 Å². The lowest BCUT2D eigenvalue weighted by molar-refractivity contribution is 0.279. The van der Waals surface area contributed by atoms with Gasteiger partial charge in [-0.2, -0.15) is 15.0 Å². The number of hydrogen-bond donors (Lipinski definition) is 2. The van der Waals surface area contributed by atoms with E-state index in [-0.39, 0.29) is 35.5 Å². The lowest BCUT2D eigenvalue weighted by Crippen LogP contribution is -2.33. The van der Waals surface area contributed by atoms with Gasteiger partial charge in [0.2, 0.25) is 11.9 Å². The van der Waals surface area contributed by atoms with E-state index in [0.717, 1.165) is 71.5 Å². The van der Waals surface area contributed by atoms with Crippen molar-refractivity contribution in [2.75, 3.05) is 15.1 Å². The van der Waals surface area contributed by atoms with Gasteiger partial charge in [0, 0.05) is 34.8 Å². The molecule has 1 aromatic heterocycles. The summed E-state index contributed by atoms with van der Waals surface area (Å²) in [6.07, 6.45) is 12.2. The molecular weight excluding hydrogens is 825 g/mol. The summed E-state index contributed by atoms with van der Waals surface area (Å²) in [7, 11) is 0. The quantitative estimate of drug-likeness (QED) is 0.0615. The van der Waals surface area contributed by atoms with Crippen molar-refractivity contribution in [2.24, 2.45) is 0 Å². The van der Waals surface area contributed by atoms with Crippen LogP contribution in [0.25, 0.3) is 0 Å². The van der Waals surface area contributed by atoms with Crippen LogP contribution < -0.4 is 19.9 Å². The molecule has 2 atom stereocenters. The Labute approximate surface area is 403 Å². The molecule has 5 aromatic carbocycles. The summed E-state index contributed by atoms with van der Waals surface area (Å²) < 4.78 is 6.77. The highest BCUT2D eigenvalue weighted by Crippen LogP contribution is 2.41. The zero-order valence-corrected chi connectivity index (χ0v) is 42.3. The molecule has 356 valence electrons. The number of aromatic nitrogens is 3. The molecule has 2 unspecified atom stereocenters. The number of para-hydroxylation sites is 1. The van der Waals surface area contributed by atoms with Crippen molar-refractivity contribution >= 4 is 34.6 Å². The second-order valence-electron chi connectivity index (χ2n) is 20.5. The zero-order chi connectivity index (χ0) is 48.0. The van der Waals surface area contributed by atoms with Crippen molar-refractivity contribution in [3.63, 3.8) is 0 Å². The fraction of sp³-hybridized carbons (Fsp3) is 0.441. The van der Waals surface area contributed by atoms with Crippen LogP contribution in [0.2, 0.25) is 0 Å². The predicted molar refractivity (Wildman–Crippen MR) is 282 cm³/mol. The standard InChI is InChI=1S/C59H78N6O2/c1-11-13-15-19-25-43(3)64(50-35-31-46(32-36-50)39-45-27-21-17-22-28-45)55-61-56(63-57(62-55)67-42-47-40-52(58(5,6)7)54(66)53(41-47)59(8,9)10)65(44(4)26-20-16-14-12-2)51-37-33-49(34-38-51)60-48-29-23-18-24-30-48/h17-18,21-24,27-38,40-41,43-44,60,66H,11-16,19-20,25-26,39,42H2,1-10H3. The van der Waals surface area contributed by atoms with Crippen LogP contribution in [0.5, 0.6) is 11.8 Å². The van der Waals surface area contributed by atoms with Crippen molar-refractivity contribution < 1.29 is 9.84 Å². The van der Waals surface area contributed by atoms with Crippen LogP contribution in [0.15, 0.2) is 121 Å². The highest BCUT2D eigenvalue weighted by Gasteiger charge is 2.29. The summed E-state index contributed by atoms with van der Waals surface area (Å²) >= 11 is 0. The number of aromatic hydroxyl groups is 1. The summed E-state index contributed by atoms with van der Waals surface area (Å²) in [4.78, 5) is 20.5. The molecule has 2 N–H and O–H groups in total. The Morgan fingerprint density at radius 1 is 0.537 bits per heavy atom. The zero-order valence-electron chi connectivity index (χ0n) is 42.3. The second kappa shape index (κ2) is 23.7. The van der Waals surface area contributed by atoms with Crippen LogP contribution in [-0.4, -0.2) is 32.1 Å². The Morgan fingerprint density at radius 3 is 1.46 bits per heavy atom. The summed E-state index contributed by atoms with van der Waals surface area (Å²) in [5, 5.41) is 15.1. The van der Waals surface area contributed by atoms with Gasteiger partial charge in [0.05, 0.1) is 0 Å². The van der Waals surface area contributed by atoms with Gasteiger partial charge >= 0.3 is 6.01 Å². The van der Waals surface area contributed by atoms with E-state index in [0.29, 0.717) is 17.6 Å². The Bertz CT molecular complexity index is 2250. The molecule has 8 heteroatoms. The minimum Gasteiger partial charge on any atom is -0.507 e. The third kappa shape index (κ3) is 14.3. The van der Waals surface area contributed by atoms with Gasteiger partial charge in [0.1, 0.15) is 12.4 Å². The molecular formula is C59H78N6O2. The maximum absolute atomic E-state index is 11.6. The third-order valence-corrected chi connectivity index (χ3v) is 12.7. The van der Waals surface area contributed by atoms with Crippen LogP contribution in [0.1, 0.15) is 161 Å². The molecule has 0 radical (unpaired) electrons. The number of hydrogen-bond acceptors (Lipinski definition) is 8. The van der Waals surface area contributed by atoms with E-state index in [1.807, 2.05) is 18.2 Å². The molecule has 0 aliphatic rings. The van der Waals surface area contributed by atoms with Crippen LogP contribution in [-0.2, 0) is 23.9 Å². The Hall–Kier alpha value is -5.89. The van der Waals surface area contributed by atoms with E-state index in [2.05, 4.69) is 187 Å². The normalized spacial score (nSPS) is 12.7. The van der Waals surface area contributed by atoms with Gasteiger partial charge < -0.3 is 25.0 Å². The van der Waals surface area contributed by atoms with E-state index < -0.39 is 0 Å². The number of rotatable bonds is 23. The molecule has 8 nitrogen and oxygen atoms in total. The van der Waals surface area contributed by atoms with Crippen molar-refractivity contribution in [1.29, 1.82) is 0 Å². The first-order valence-electron chi connectivity index (χ1n) is 25.0. The molecule has 1 heterocycles. The van der Waals surface area contributed by atoms with Crippen LogP contribution >= 0.6 is 0 Å². The third-order valence-electron chi connectivity index (χ3n) is 12.7. The maximum Gasteiger partial charge on any atom is 0.323 e. The lowest BCUT2D eigenvalue weighted by atomic mass is 9.78. The topological polar surface area (TPSA) is 86.6 Å². The molecule has 6 rings (SSSR count). The molecule has 0 saturated heterocycles. The summed E-state index contributed by atoms with van der Waals surface area (Å²) in [5.41, 5.74) is 8.77. The number of anilines is 6. The average molecular weight is 903 g/mol. The molecule has 0 bridgehead atoms. The number of ether oxygens (including phenoxy) is 1. The minimum absolute atomic E-state index is 0.0749. The van der Waals surface area contributed by atoms with Crippen LogP contribution in [0, 0.1) is 0 Å². The number of phenols is 1. The number of benzene rings is 5. The van der Waals surface area contributed by atoms with Gasteiger partial charge in [-0.25, -0.2) is 0 Å². The van der Waals surface area contributed by atoms with E-state index in [1.54, 1.807) is 0 Å². The minimum atomic E-state index is -0.280. The van der Waals surface area contributed by atoms with Gasteiger partial charge in [-0.1, -0.05) is 167 Å². The molecule has 0 aliphatic heterocycles. The molecule has 67 heavy (non-hydrogen) atoms. The molecule has 0 amide bonds. The second-order valence-corrected chi connectivity index (χ2v) is 20.5. The monoisotopic (exact) mass is 903 g/mol. The van der Waals surface area contributed by atoms with Gasteiger partial charge in [-0.05, 0) is 132 Å². The Balaban J connectivity index is 1.48. The molecule has 6 aromatic rings. The Kier molecular flexibility index (Phi) is 17.9. The Morgan fingerprint density at radius 2 is 0.985 bits per heavy atom. The summed E-state index contributed by atoms with van der Waals surface area (Å²) in [5.74, 6) is 1.45. The fourth-order valence-corrected chi connectivity index (χ4v) is 8.81. The van der Waals surface area contributed by atoms with Crippen LogP contribution in [0.3, 0.4) is 0 Å². The van der Waals surface area contributed by atoms with E-state index in [4.69, 9.17) is 19.7 Å². The SMILES string of the molecule is CCCCCCC(C)N(c1ccc(Cc2ccccc2)cc1)c1nc(OCc2cc(C(C)(C)C)c(O)c(C(C)(C)C)c2)nc(N(c2ccc(Nc3ccccc3)cc2)C(C)CCCCCC)n1. The molecule has 0 saturated carbocycles. The number of unbranched alkanes of at least 4 members (excludes halogenated alkanes) is 6. The van der Waals surface area contributed by atoms with E-state index in [1.165, 1.54) is 49.7 Å². The predicted octanol–water partition coefficient (Wildman–Crippen LogP) is 16.1. The van der Waals surface area contributed by atoms with Crippen molar-refractivity contribution in [2.45, 2.75) is 169 Å². The fourth-order valence-electron chi connectivity index (χ4n) is 8.81. The lowest BCUT2D eigenvalue weighted by Gasteiger charge is -2.33. The maximum atomic E-state index is 11.6. The summed E-state index contributed by atoms with van der Waals surface area (Å²) in [6, 6.07) is 43.0. The van der Waals surface area contributed by atoms with Crippen molar-refractivity contribution in [3.8, 4) is 11.8 Å². The van der Waals surface area contributed by atoms with Gasteiger partial charge in [-0.15, -0.1) is 0 Å². The van der Waals surface area contributed by atoms with Gasteiger partial charge in [-0.3, -0.25) is 0 Å². The van der Waals surface area contributed by atoms with E-state index >= 15 is 0 Å². The van der Waals surface area contributed by atoms with Gasteiger partial charge in [0.25, 0.3) is 0 Å². The number of nitrogens with one attached hydrogen (secondary N) is 1. The smallest absolute Gasteiger partial charge is 0.323 e. The summed E-state index contributed by atoms with van der Waals surface area (Å²) in [6.45, 7) is 22.1. The van der Waals surface area contributed by atoms with E-state index in [9.17, 15) is 5.11 Å². The molecule has 0 fully saturated rings. The molecule has 0 spiro atoms. The number of phenolic OH excluding ortho intramolecular Hbond substituents is 1. The highest BCUT2D eigenvalue weighted by atomic mass is 16.5. The number of nitrogens with zero attached hydrogens (tertiary/aromatic N) is 5.